The van der Waals surface area contributed by atoms with E-state index in [1.807, 2.05) is 61.7 Å². The zero-order valence-electron chi connectivity index (χ0n) is 18.0. The van der Waals surface area contributed by atoms with Crippen molar-refractivity contribution < 1.29 is 14.3 Å². The molecule has 3 N–H and O–H groups in total. The maximum Gasteiger partial charge on any atom is 0.247 e. The predicted molar refractivity (Wildman–Crippen MR) is 126 cm³/mol. The van der Waals surface area contributed by atoms with Crippen molar-refractivity contribution in [2.75, 3.05) is 5.32 Å². The molecule has 0 aliphatic rings. The molecule has 6 heteroatoms. The van der Waals surface area contributed by atoms with Crippen LogP contribution in [-0.2, 0) is 16.0 Å². The van der Waals surface area contributed by atoms with E-state index >= 15 is 0 Å². The van der Waals surface area contributed by atoms with E-state index in [9.17, 15) is 9.59 Å². The molecule has 0 saturated heterocycles. The quantitative estimate of drug-likeness (QED) is 0.390. The number of aryl methyl sites for hydroxylation is 1. The zero-order chi connectivity index (χ0) is 22.5. The summed E-state index contributed by atoms with van der Waals surface area (Å²) in [5.41, 5.74) is 3.75. The molecule has 2 amide bonds. The molecule has 6 nitrogen and oxygen atoms in total. The Morgan fingerprint density at radius 1 is 0.938 bits per heavy atom. The van der Waals surface area contributed by atoms with Gasteiger partial charge in [-0.25, -0.2) is 0 Å². The molecule has 4 aromatic rings. The Labute approximate surface area is 186 Å². The molecule has 3 aromatic carbocycles. The normalized spacial score (nSPS) is 11.7. The van der Waals surface area contributed by atoms with Gasteiger partial charge >= 0.3 is 0 Å². The monoisotopic (exact) mass is 427 g/mol. The molecule has 0 saturated carbocycles. The van der Waals surface area contributed by atoms with E-state index < -0.39 is 6.04 Å². The number of H-pyrrole nitrogens is 1. The molecular weight excluding hydrogens is 402 g/mol. The Bertz CT molecular complexity index is 1230. The van der Waals surface area contributed by atoms with Crippen LogP contribution in [0, 0.1) is 6.92 Å². The van der Waals surface area contributed by atoms with Crippen molar-refractivity contribution in [3.05, 3.63) is 90.1 Å². The van der Waals surface area contributed by atoms with Crippen molar-refractivity contribution in [3.8, 4) is 11.5 Å². The number of nitrogens with one attached hydrogen (secondary N) is 3. The number of anilines is 1. The number of rotatable bonds is 7. The lowest BCUT2D eigenvalue weighted by Gasteiger charge is -2.17. The molecule has 0 spiro atoms. The summed E-state index contributed by atoms with van der Waals surface area (Å²) in [5.74, 6) is 0.880. The number of carbonyl (C=O) groups is 2. The highest BCUT2D eigenvalue weighted by atomic mass is 16.5. The van der Waals surface area contributed by atoms with Crippen molar-refractivity contribution in [1.82, 2.24) is 10.3 Å². The summed E-state index contributed by atoms with van der Waals surface area (Å²) in [5, 5.41) is 6.68. The molecule has 0 aliphatic carbocycles. The summed E-state index contributed by atoms with van der Waals surface area (Å²) in [7, 11) is 0. The van der Waals surface area contributed by atoms with Gasteiger partial charge in [-0.05, 0) is 55.0 Å². The Kier molecular flexibility index (Phi) is 6.22. The van der Waals surface area contributed by atoms with E-state index in [1.165, 1.54) is 6.92 Å². The van der Waals surface area contributed by atoms with Gasteiger partial charge in [0.25, 0.3) is 0 Å². The number of hydrogen-bond donors (Lipinski definition) is 3. The second-order valence-electron chi connectivity index (χ2n) is 7.75. The molecule has 4 rings (SSSR count). The summed E-state index contributed by atoms with van der Waals surface area (Å²) in [6.45, 7) is 3.43. The molecule has 1 unspecified atom stereocenters. The molecular formula is C26H25N3O3. The van der Waals surface area contributed by atoms with Crippen molar-refractivity contribution in [2.24, 2.45) is 0 Å². The van der Waals surface area contributed by atoms with Gasteiger partial charge in [0.15, 0.2) is 0 Å². The minimum Gasteiger partial charge on any atom is -0.457 e. The highest BCUT2D eigenvalue weighted by molar-refractivity contribution is 5.97. The zero-order valence-corrected chi connectivity index (χ0v) is 18.0. The number of aromatic amines is 1. The maximum atomic E-state index is 13.0. The number of hydrogen-bond acceptors (Lipinski definition) is 3. The summed E-state index contributed by atoms with van der Waals surface area (Å²) < 4.78 is 5.83. The third-order valence-electron chi connectivity index (χ3n) is 5.17. The van der Waals surface area contributed by atoms with Crippen molar-refractivity contribution in [2.45, 2.75) is 26.3 Å². The third-order valence-corrected chi connectivity index (χ3v) is 5.17. The Hall–Kier alpha value is -4.06. The molecule has 32 heavy (non-hydrogen) atoms. The number of ether oxygens (including phenoxy) is 1. The molecule has 162 valence electrons. The summed E-state index contributed by atoms with van der Waals surface area (Å²) >= 11 is 0. The van der Waals surface area contributed by atoms with Gasteiger partial charge in [-0.1, -0.05) is 35.9 Å². The number of para-hydroxylation sites is 1. The van der Waals surface area contributed by atoms with Gasteiger partial charge in [0, 0.05) is 36.1 Å². The lowest BCUT2D eigenvalue weighted by atomic mass is 10.0. The SMILES string of the molecule is CC(=O)NC(Cc1c[nH]c2ccccc12)C(=O)Nc1ccc(Oc2ccc(C)cc2)cc1. The van der Waals surface area contributed by atoms with Crippen LogP contribution in [0.3, 0.4) is 0 Å². The van der Waals surface area contributed by atoms with E-state index in [0.29, 0.717) is 17.9 Å². The summed E-state index contributed by atoms with van der Waals surface area (Å²) in [6.07, 6.45) is 2.26. The molecule has 0 aliphatic heterocycles. The minimum atomic E-state index is -0.699. The van der Waals surface area contributed by atoms with Crippen LogP contribution in [0.4, 0.5) is 5.69 Å². The largest absolute Gasteiger partial charge is 0.457 e. The topological polar surface area (TPSA) is 83.2 Å². The van der Waals surface area contributed by atoms with Gasteiger partial charge in [-0.2, -0.15) is 0 Å². The summed E-state index contributed by atoms with van der Waals surface area (Å²) in [4.78, 5) is 27.9. The van der Waals surface area contributed by atoms with Crippen LogP contribution in [0.2, 0.25) is 0 Å². The lowest BCUT2D eigenvalue weighted by Crippen LogP contribution is -2.44. The first kappa shape index (κ1) is 21.2. The van der Waals surface area contributed by atoms with E-state index in [1.54, 1.807) is 24.3 Å². The fraction of sp³-hybridized carbons (Fsp3) is 0.154. The fourth-order valence-corrected chi connectivity index (χ4v) is 3.55. The van der Waals surface area contributed by atoms with Gasteiger partial charge in [-0.3, -0.25) is 9.59 Å². The van der Waals surface area contributed by atoms with Crippen LogP contribution in [0.5, 0.6) is 11.5 Å². The molecule has 1 heterocycles. The van der Waals surface area contributed by atoms with Crippen LogP contribution in [0.1, 0.15) is 18.1 Å². The van der Waals surface area contributed by atoms with E-state index in [4.69, 9.17) is 4.74 Å². The van der Waals surface area contributed by atoms with Gasteiger partial charge in [0.1, 0.15) is 17.5 Å². The molecule has 0 bridgehead atoms. The van der Waals surface area contributed by atoms with Crippen LogP contribution >= 0.6 is 0 Å². The Balaban J connectivity index is 1.44. The van der Waals surface area contributed by atoms with E-state index in [-0.39, 0.29) is 11.8 Å². The number of aromatic nitrogens is 1. The predicted octanol–water partition coefficient (Wildman–Crippen LogP) is 4.95. The first-order valence-electron chi connectivity index (χ1n) is 10.5. The third kappa shape index (κ3) is 5.16. The Morgan fingerprint density at radius 2 is 1.59 bits per heavy atom. The molecule has 1 aromatic heterocycles. The van der Waals surface area contributed by atoms with Gasteiger partial charge in [0.2, 0.25) is 11.8 Å². The van der Waals surface area contributed by atoms with Crippen LogP contribution in [0.15, 0.2) is 79.0 Å². The van der Waals surface area contributed by atoms with E-state index in [0.717, 1.165) is 27.8 Å². The molecule has 1 atom stereocenters. The van der Waals surface area contributed by atoms with Gasteiger partial charge < -0.3 is 20.4 Å². The van der Waals surface area contributed by atoms with Gasteiger partial charge in [-0.15, -0.1) is 0 Å². The van der Waals surface area contributed by atoms with Crippen LogP contribution in [-0.4, -0.2) is 22.8 Å². The number of carbonyl (C=O) groups excluding carboxylic acids is 2. The first-order valence-corrected chi connectivity index (χ1v) is 10.5. The van der Waals surface area contributed by atoms with Crippen molar-refractivity contribution in [1.29, 1.82) is 0 Å². The molecule has 0 radical (unpaired) electrons. The van der Waals surface area contributed by atoms with Gasteiger partial charge in [0.05, 0.1) is 0 Å². The van der Waals surface area contributed by atoms with Crippen molar-refractivity contribution >= 4 is 28.4 Å². The van der Waals surface area contributed by atoms with Crippen LogP contribution < -0.4 is 15.4 Å². The Morgan fingerprint density at radius 3 is 2.28 bits per heavy atom. The summed E-state index contributed by atoms with van der Waals surface area (Å²) in [6, 6.07) is 22.1. The lowest BCUT2D eigenvalue weighted by molar-refractivity contribution is -0.125. The number of fused-ring (bicyclic) bond motifs is 1. The highest BCUT2D eigenvalue weighted by Crippen LogP contribution is 2.24. The van der Waals surface area contributed by atoms with Crippen LogP contribution in [0.25, 0.3) is 10.9 Å². The average molecular weight is 428 g/mol. The average Bonchev–Trinajstić information content (AvgIpc) is 3.19. The number of benzene rings is 3. The maximum absolute atomic E-state index is 13.0. The van der Waals surface area contributed by atoms with E-state index in [2.05, 4.69) is 15.6 Å². The fourth-order valence-electron chi connectivity index (χ4n) is 3.55. The second-order valence-corrected chi connectivity index (χ2v) is 7.75. The minimum absolute atomic E-state index is 0.258. The first-order chi connectivity index (χ1) is 15.5. The highest BCUT2D eigenvalue weighted by Gasteiger charge is 2.21. The van der Waals surface area contributed by atoms with Crippen molar-refractivity contribution in [3.63, 3.8) is 0 Å². The second kappa shape index (κ2) is 9.39. The molecule has 0 fully saturated rings. The smallest absolute Gasteiger partial charge is 0.247 e. The standard InChI is InChI=1S/C26H25N3O3/c1-17-7-11-21(12-8-17)32-22-13-9-20(10-14-22)29-26(31)25(28-18(2)30)15-19-16-27-24-6-4-3-5-23(19)24/h3-14,16,25,27H,15H2,1-2H3,(H,28,30)(H,29,31). The number of amides is 2.